The Morgan fingerprint density at radius 2 is 1.67 bits per heavy atom. The van der Waals surface area contributed by atoms with Crippen LogP contribution in [0.2, 0.25) is 0 Å². The van der Waals surface area contributed by atoms with E-state index in [1.165, 1.54) is 5.56 Å². The van der Waals surface area contributed by atoms with E-state index in [1.807, 2.05) is 61.5 Å². The van der Waals surface area contributed by atoms with Gasteiger partial charge in [-0.05, 0) is 30.0 Å². The molecule has 0 bridgehead atoms. The molecule has 0 saturated carbocycles. The first-order valence-electron chi connectivity index (χ1n) is 7.19. The van der Waals surface area contributed by atoms with Gasteiger partial charge in [0.15, 0.2) is 0 Å². The number of aliphatic hydroxyl groups excluding tert-OH is 1. The molecule has 0 unspecified atom stereocenters. The van der Waals surface area contributed by atoms with Crippen LogP contribution in [0.5, 0.6) is 0 Å². The molecule has 0 aliphatic rings. The van der Waals surface area contributed by atoms with Crippen LogP contribution in [-0.4, -0.2) is 11.2 Å². The summed E-state index contributed by atoms with van der Waals surface area (Å²) in [5, 5.41) is 10.0. The van der Waals surface area contributed by atoms with Crippen LogP contribution in [0.15, 0.2) is 66.2 Å². The lowest BCUT2D eigenvalue weighted by atomic mass is 10.1. The zero-order valence-corrected chi connectivity index (χ0v) is 12.3. The summed E-state index contributed by atoms with van der Waals surface area (Å²) >= 11 is 0. The summed E-state index contributed by atoms with van der Waals surface area (Å²) in [6.45, 7) is 1.91. The number of aliphatic hydroxyl groups is 1. The number of benzene rings is 2. The van der Waals surface area contributed by atoms with Gasteiger partial charge in [0.05, 0.1) is 0 Å². The van der Waals surface area contributed by atoms with Gasteiger partial charge in [0.1, 0.15) is 6.10 Å². The van der Waals surface area contributed by atoms with Crippen molar-refractivity contribution in [1.82, 2.24) is 0 Å². The Labute approximate surface area is 127 Å². The minimum Gasteiger partial charge on any atom is -0.376 e. The van der Waals surface area contributed by atoms with E-state index in [4.69, 9.17) is 0 Å². The molecule has 2 aromatic rings. The molecule has 0 saturated heterocycles. The second kappa shape index (κ2) is 8.09. The van der Waals surface area contributed by atoms with Crippen molar-refractivity contribution in [1.29, 1.82) is 0 Å². The monoisotopic (exact) mass is 276 g/mol. The standard InChI is InChI=1S/C20H20O/c1-17(16-19-13-6-3-7-14-19)20(21)15-9-8-12-18-10-4-2-5-11-18/h2-7,10-11,13-14,16,20-21H,8,12H2,1H3/b17-16+/t20-/m0/s1. The molecule has 0 radical (unpaired) electrons. The smallest absolute Gasteiger partial charge is 0.136 e. The predicted molar refractivity (Wildman–Crippen MR) is 88.6 cm³/mol. The fraction of sp³-hybridized carbons (Fsp3) is 0.200. The van der Waals surface area contributed by atoms with E-state index < -0.39 is 6.10 Å². The molecule has 0 amide bonds. The Kier molecular flexibility index (Phi) is 5.82. The van der Waals surface area contributed by atoms with Gasteiger partial charge >= 0.3 is 0 Å². The van der Waals surface area contributed by atoms with Crippen molar-refractivity contribution >= 4 is 6.08 Å². The summed E-state index contributed by atoms with van der Waals surface area (Å²) in [7, 11) is 0. The average molecular weight is 276 g/mol. The van der Waals surface area contributed by atoms with E-state index in [-0.39, 0.29) is 0 Å². The molecule has 21 heavy (non-hydrogen) atoms. The van der Waals surface area contributed by atoms with E-state index in [0.717, 1.165) is 24.0 Å². The fourth-order valence-corrected chi connectivity index (χ4v) is 2.03. The van der Waals surface area contributed by atoms with E-state index >= 15 is 0 Å². The molecule has 2 aromatic carbocycles. The summed E-state index contributed by atoms with van der Waals surface area (Å²) in [6, 6.07) is 20.2. The molecule has 0 aliphatic carbocycles. The van der Waals surface area contributed by atoms with E-state index in [9.17, 15) is 5.11 Å². The Balaban J connectivity index is 1.88. The van der Waals surface area contributed by atoms with Crippen LogP contribution in [0.3, 0.4) is 0 Å². The van der Waals surface area contributed by atoms with E-state index in [0.29, 0.717) is 0 Å². The van der Waals surface area contributed by atoms with Gasteiger partial charge < -0.3 is 5.11 Å². The van der Waals surface area contributed by atoms with Crippen molar-refractivity contribution in [2.24, 2.45) is 0 Å². The molecule has 2 rings (SSSR count). The second-order valence-corrected chi connectivity index (χ2v) is 5.01. The van der Waals surface area contributed by atoms with Gasteiger partial charge in [0.2, 0.25) is 0 Å². The molecule has 0 aromatic heterocycles. The number of hydrogen-bond acceptors (Lipinski definition) is 1. The highest BCUT2D eigenvalue weighted by atomic mass is 16.3. The molecule has 106 valence electrons. The van der Waals surface area contributed by atoms with Gasteiger partial charge in [-0.1, -0.05) is 78.6 Å². The highest BCUT2D eigenvalue weighted by Crippen LogP contribution is 2.09. The van der Waals surface area contributed by atoms with Crippen LogP contribution in [0.4, 0.5) is 0 Å². The first-order chi connectivity index (χ1) is 10.3. The molecule has 0 aliphatic heterocycles. The minimum absolute atomic E-state index is 0.694. The SMILES string of the molecule is C/C(=C\c1ccccc1)[C@@H](O)C#CCCc1ccccc1. The van der Waals surface area contributed by atoms with Crippen molar-refractivity contribution in [2.45, 2.75) is 25.9 Å². The molecule has 1 nitrogen and oxygen atoms in total. The maximum Gasteiger partial charge on any atom is 0.136 e. The molecule has 1 N–H and O–H groups in total. The van der Waals surface area contributed by atoms with Crippen LogP contribution in [0.1, 0.15) is 24.5 Å². The normalized spacial score (nSPS) is 12.4. The molecule has 0 fully saturated rings. The third kappa shape index (κ3) is 5.30. The minimum atomic E-state index is -0.694. The summed E-state index contributed by atoms with van der Waals surface area (Å²) in [4.78, 5) is 0. The van der Waals surface area contributed by atoms with Crippen LogP contribution >= 0.6 is 0 Å². The highest BCUT2D eigenvalue weighted by molar-refractivity contribution is 5.54. The first kappa shape index (κ1) is 15.1. The van der Waals surface area contributed by atoms with Crippen molar-refractivity contribution in [3.63, 3.8) is 0 Å². The largest absolute Gasteiger partial charge is 0.376 e. The predicted octanol–water partition coefficient (Wildman–Crippen LogP) is 4.09. The topological polar surface area (TPSA) is 20.2 Å². The molecular weight excluding hydrogens is 256 g/mol. The third-order valence-electron chi connectivity index (χ3n) is 3.25. The summed E-state index contributed by atoms with van der Waals surface area (Å²) < 4.78 is 0. The first-order valence-corrected chi connectivity index (χ1v) is 7.19. The third-order valence-corrected chi connectivity index (χ3v) is 3.25. The van der Waals surface area contributed by atoms with Gasteiger partial charge in [-0.25, -0.2) is 0 Å². The number of hydrogen-bond donors (Lipinski definition) is 1. The van der Waals surface area contributed by atoms with Crippen LogP contribution in [0.25, 0.3) is 6.08 Å². The molecule has 0 spiro atoms. The number of rotatable bonds is 4. The maximum atomic E-state index is 10.0. The van der Waals surface area contributed by atoms with Crippen LogP contribution in [-0.2, 0) is 6.42 Å². The van der Waals surface area contributed by atoms with E-state index in [2.05, 4.69) is 24.0 Å². The van der Waals surface area contributed by atoms with Crippen LogP contribution in [0, 0.1) is 11.8 Å². The molecule has 1 atom stereocenters. The molecule has 1 heteroatoms. The van der Waals surface area contributed by atoms with Crippen molar-refractivity contribution in [3.8, 4) is 11.8 Å². The van der Waals surface area contributed by atoms with Gasteiger partial charge in [0, 0.05) is 6.42 Å². The lowest BCUT2D eigenvalue weighted by Gasteiger charge is -2.03. The van der Waals surface area contributed by atoms with E-state index in [1.54, 1.807) is 0 Å². The maximum absolute atomic E-state index is 10.0. The summed E-state index contributed by atoms with van der Waals surface area (Å²) in [6.07, 6.45) is 2.96. The Bertz CT molecular complexity index is 630. The van der Waals surface area contributed by atoms with Gasteiger partial charge in [-0.2, -0.15) is 0 Å². The van der Waals surface area contributed by atoms with Gasteiger partial charge in [-0.15, -0.1) is 0 Å². The quantitative estimate of drug-likeness (QED) is 0.834. The van der Waals surface area contributed by atoms with Crippen molar-refractivity contribution in [2.75, 3.05) is 0 Å². The highest BCUT2D eigenvalue weighted by Gasteiger charge is 2.01. The Morgan fingerprint density at radius 3 is 2.33 bits per heavy atom. The average Bonchev–Trinajstić information content (AvgIpc) is 2.53. The van der Waals surface area contributed by atoms with Crippen molar-refractivity contribution in [3.05, 3.63) is 77.4 Å². The lowest BCUT2D eigenvalue weighted by molar-refractivity contribution is 0.269. The van der Waals surface area contributed by atoms with Crippen molar-refractivity contribution < 1.29 is 5.11 Å². The van der Waals surface area contributed by atoms with Gasteiger partial charge in [0.25, 0.3) is 0 Å². The number of aryl methyl sites for hydroxylation is 1. The zero-order valence-electron chi connectivity index (χ0n) is 12.3. The lowest BCUT2D eigenvalue weighted by Crippen LogP contribution is -2.04. The van der Waals surface area contributed by atoms with Crippen LogP contribution < -0.4 is 0 Å². The molecule has 0 heterocycles. The fourth-order valence-electron chi connectivity index (χ4n) is 2.03. The Morgan fingerprint density at radius 1 is 1.05 bits per heavy atom. The van der Waals surface area contributed by atoms with Gasteiger partial charge in [-0.3, -0.25) is 0 Å². The summed E-state index contributed by atoms with van der Waals surface area (Å²) in [5.41, 5.74) is 3.23. The summed E-state index contributed by atoms with van der Waals surface area (Å²) in [5.74, 6) is 5.97. The molecular formula is C20H20O. The second-order valence-electron chi connectivity index (χ2n) is 5.01. The Hall–Kier alpha value is -2.30. The zero-order chi connectivity index (χ0) is 14.9.